The first-order chi connectivity index (χ1) is 9.67. The number of fused-ring (bicyclic) bond motifs is 1. The highest BCUT2D eigenvalue weighted by Gasteiger charge is 2.13. The Labute approximate surface area is 118 Å². The molecule has 0 aliphatic carbocycles. The number of unbranched alkanes of at least 4 members (excludes halogenated alkanes) is 1. The number of carbonyl (C=O) groups excluding carboxylic acids is 1. The van der Waals surface area contributed by atoms with Crippen molar-refractivity contribution >= 4 is 23.0 Å². The molecular weight excluding hydrogens is 252 g/mol. The number of aromatic amines is 1. The van der Waals surface area contributed by atoms with Crippen molar-refractivity contribution in [2.75, 3.05) is 6.54 Å². The van der Waals surface area contributed by atoms with Crippen LogP contribution in [0, 0.1) is 6.92 Å². The van der Waals surface area contributed by atoms with Gasteiger partial charge in [-0.3, -0.25) is 9.78 Å². The van der Waals surface area contributed by atoms with Gasteiger partial charge < -0.3 is 10.3 Å². The van der Waals surface area contributed by atoms with Gasteiger partial charge in [0.05, 0.1) is 17.2 Å². The normalized spacial score (nSPS) is 11.3. The Bertz CT molecular complexity index is 643. The van der Waals surface area contributed by atoms with Crippen LogP contribution in [-0.4, -0.2) is 27.4 Å². The van der Waals surface area contributed by atoms with Crippen LogP contribution < -0.4 is 5.32 Å². The summed E-state index contributed by atoms with van der Waals surface area (Å²) in [6.07, 6.45) is 7.64. The molecule has 106 valence electrons. The van der Waals surface area contributed by atoms with Crippen LogP contribution in [0.4, 0.5) is 0 Å². The lowest BCUT2D eigenvalue weighted by Crippen LogP contribution is -2.25. The van der Waals surface area contributed by atoms with E-state index >= 15 is 0 Å². The van der Waals surface area contributed by atoms with Gasteiger partial charge in [-0.05, 0) is 20.3 Å². The minimum absolute atomic E-state index is 0.168. The molecule has 0 aliphatic rings. The molecule has 1 amide bonds. The van der Waals surface area contributed by atoms with Gasteiger partial charge in [0, 0.05) is 17.8 Å². The number of rotatable bonds is 5. The molecule has 2 rings (SSSR count). The van der Waals surface area contributed by atoms with E-state index in [1.165, 1.54) is 0 Å². The van der Waals surface area contributed by atoms with Crippen LogP contribution in [0.2, 0.25) is 0 Å². The van der Waals surface area contributed by atoms with Crippen molar-refractivity contribution in [1.29, 1.82) is 0 Å². The van der Waals surface area contributed by atoms with Crippen LogP contribution in [0.25, 0.3) is 17.1 Å². The van der Waals surface area contributed by atoms with Crippen molar-refractivity contribution < 1.29 is 4.79 Å². The van der Waals surface area contributed by atoms with E-state index in [9.17, 15) is 4.79 Å². The molecule has 5 nitrogen and oxygen atoms in total. The van der Waals surface area contributed by atoms with Crippen LogP contribution in [-0.2, 0) is 0 Å². The van der Waals surface area contributed by atoms with E-state index in [2.05, 4.69) is 27.2 Å². The molecule has 2 aromatic rings. The van der Waals surface area contributed by atoms with E-state index in [-0.39, 0.29) is 5.91 Å². The number of allylic oxidation sites excluding steroid dienone is 1. The van der Waals surface area contributed by atoms with E-state index in [4.69, 9.17) is 0 Å². The number of carbonyl (C=O) groups is 1. The number of amides is 1. The molecule has 2 N–H and O–H groups in total. The zero-order chi connectivity index (χ0) is 14.5. The summed E-state index contributed by atoms with van der Waals surface area (Å²) in [5.41, 5.74) is 3.43. The van der Waals surface area contributed by atoms with E-state index in [1.54, 1.807) is 6.20 Å². The minimum atomic E-state index is -0.168. The first kappa shape index (κ1) is 14.2. The average molecular weight is 272 g/mol. The molecule has 0 aromatic carbocycles. The number of pyridine rings is 1. The second kappa shape index (κ2) is 6.32. The molecule has 0 aliphatic heterocycles. The van der Waals surface area contributed by atoms with Crippen molar-refractivity contribution in [2.45, 2.75) is 33.6 Å². The lowest BCUT2D eigenvalue weighted by atomic mass is 10.1. The first-order valence-corrected chi connectivity index (χ1v) is 6.93. The highest BCUT2D eigenvalue weighted by molar-refractivity contribution is 5.95. The maximum atomic E-state index is 12.0. The highest BCUT2D eigenvalue weighted by atomic mass is 16.2. The van der Waals surface area contributed by atoms with Gasteiger partial charge >= 0.3 is 0 Å². The summed E-state index contributed by atoms with van der Waals surface area (Å²) < 4.78 is 0. The second-order valence-corrected chi connectivity index (χ2v) is 4.71. The van der Waals surface area contributed by atoms with Crippen LogP contribution >= 0.6 is 0 Å². The zero-order valence-corrected chi connectivity index (χ0v) is 12.2. The van der Waals surface area contributed by atoms with Crippen LogP contribution in [0.5, 0.6) is 0 Å². The van der Waals surface area contributed by atoms with Crippen LogP contribution in [0.3, 0.4) is 0 Å². The summed E-state index contributed by atoms with van der Waals surface area (Å²) in [5, 5.41) is 2.86. The molecule has 5 heteroatoms. The quantitative estimate of drug-likeness (QED) is 0.822. The maximum absolute atomic E-state index is 12.0. The third-order valence-corrected chi connectivity index (χ3v) is 3.13. The third kappa shape index (κ3) is 2.87. The van der Waals surface area contributed by atoms with Crippen molar-refractivity contribution in [1.82, 2.24) is 20.3 Å². The van der Waals surface area contributed by atoms with Crippen LogP contribution in [0.15, 0.2) is 12.3 Å². The molecule has 2 heterocycles. The highest BCUT2D eigenvalue weighted by Crippen LogP contribution is 2.19. The largest absolute Gasteiger partial charge is 0.349 e. The van der Waals surface area contributed by atoms with Gasteiger partial charge in [0.1, 0.15) is 0 Å². The number of hydrogen-bond acceptors (Lipinski definition) is 3. The summed E-state index contributed by atoms with van der Waals surface area (Å²) in [4.78, 5) is 23.8. The Morgan fingerprint density at radius 3 is 3.00 bits per heavy atom. The fourth-order valence-electron chi connectivity index (χ4n) is 2.02. The second-order valence-electron chi connectivity index (χ2n) is 4.71. The maximum Gasteiger partial charge on any atom is 0.287 e. The molecule has 0 atom stereocenters. The molecule has 20 heavy (non-hydrogen) atoms. The van der Waals surface area contributed by atoms with E-state index in [0.29, 0.717) is 12.4 Å². The average Bonchev–Trinajstić information content (AvgIpc) is 2.87. The number of nitrogens with zero attached hydrogens (tertiary/aromatic N) is 2. The topological polar surface area (TPSA) is 70.7 Å². The number of nitrogens with one attached hydrogen (secondary N) is 2. The third-order valence-electron chi connectivity index (χ3n) is 3.13. The van der Waals surface area contributed by atoms with Crippen molar-refractivity contribution in [3.63, 3.8) is 0 Å². The summed E-state index contributed by atoms with van der Waals surface area (Å²) >= 11 is 0. The molecule has 0 unspecified atom stereocenters. The molecule has 0 fully saturated rings. The molecule has 0 radical (unpaired) electrons. The van der Waals surface area contributed by atoms with Crippen molar-refractivity contribution in [2.24, 2.45) is 0 Å². The summed E-state index contributed by atoms with van der Waals surface area (Å²) in [6.45, 7) is 6.64. The number of aryl methyl sites for hydroxylation is 1. The zero-order valence-electron chi connectivity index (χ0n) is 12.2. The van der Waals surface area contributed by atoms with E-state index in [1.807, 2.05) is 26.0 Å². The fraction of sp³-hybridized carbons (Fsp3) is 0.400. The standard InChI is InChI=1S/C15H20N4O/c1-4-6-8-16-15(20)14-18-12-9-17-10(3)11(7-5-2)13(12)19-14/h5,7,9H,4,6,8H2,1-3H3,(H,16,20)(H,18,19)/b7-5-. The van der Waals surface area contributed by atoms with Crippen molar-refractivity contribution in [3.8, 4) is 0 Å². The number of imidazole rings is 1. The van der Waals surface area contributed by atoms with Gasteiger partial charge in [0.2, 0.25) is 0 Å². The van der Waals surface area contributed by atoms with Crippen LogP contribution in [0.1, 0.15) is 48.6 Å². The van der Waals surface area contributed by atoms with Gasteiger partial charge in [-0.1, -0.05) is 25.5 Å². The lowest BCUT2D eigenvalue weighted by Gasteiger charge is -2.00. The summed E-state index contributed by atoms with van der Waals surface area (Å²) in [7, 11) is 0. The minimum Gasteiger partial charge on any atom is -0.349 e. The molecule has 0 saturated heterocycles. The molecular formula is C15H20N4O. The Kier molecular flexibility index (Phi) is 4.50. The Hall–Kier alpha value is -2.17. The van der Waals surface area contributed by atoms with Gasteiger partial charge in [-0.15, -0.1) is 0 Å². The van der Waals surface area contributed by atoms with Gasteiger partial charge in [-0.25, -0.2) is 4.98 Å². The summed E-state index contributed by atoms with van der Waals surface area (Å²) in [5.74, 6) is 0.174. The van der Waals surface area contributed by atoms with Gasteiger partial charge in [0.15, 0.2) is 5.82 Å². The fourth-order valence-corrected chi connectivity index (χ4v) is 2.02. The number of aromatic nitrogens is 3. The van der Waals surface area contributed by atoms with E-state index in [0.717, 1.165) is 35.1 Å². The smallest absolute Gasteiger partial charge is 0.287 e. The predicted molar refractivity (Wildman–Crippen MR) is 80.6 cm³/mol. The summed E-state index contributed by atoms with van der Waals surface area (Å²) in [6, 6.07) is 0. The predicted octanol–water partition coefficient (Wildman–Crippen LogP) is 2.83. The molecule has 0 bridgehead atoms. The van der Waals surface area contributed by atoms with Crippen molar-refractivity contribution in [3.05, 3.63) is 29.4 Å². The molecule has 0 saturated carbocycles. The monoisotopic (exact) mass is 272 g/mol. The number of H-pyrrole nitrogens is 1. The van der Waals surface area contributed by atoms with E-state index < -0.39 is 0 Å². The first-order valence-electron chi connectivity index (χ1n) is 6.93. The Balaban J connectivity index is 2.33. The SMILES string of the molecule is C/C=C\c1c(C)ncc2[nH]c(C(=O)NCCCC)nc12. The Morgan fingerprint density at radius 2 is 2.30 bits per heavy atom. The lowest BCUT2D eigenvalue weighted by molar-refractivity contribution is 0.0944. The molecule has 0 spiro atoms. The number of hydrogen-bond donors (Lipinski definition) is 2. The van der Waals surface area contributed by atoms with Gasteiger partial charge in [0.25, 0.3) is 5.91 Å². The van der Waals surface area contributed by atoms with Gasteiger partial charge in [-0.2, -0.15) is 0 Å². The molecule has 2 aromatic heterocycles. The Morgan fingerprint density at radius 1 is 1.50 bits per heavy atom.